The number of rotatable bonds is 4. The number of H-pyrrole nitrogens is 1. The van der Waals surface area contributed by atoms with Gasteiger partial charge in [-0.3, -0.25) is 4.72 Å². The molecule has 8 heteroatoms. The minimum absolute atomic E-state index is 0.00936. The molecule has 0 fully saturated rings. The second kappa shape index (κ2) is 4.98. The van der Waals surface area contributed by atoms with Gasteiger partial charge in [0, 0.05) is 17.8 Å². The van der Waals surface area contributed by atoms with Crippen LogP contribution in [-0.2, 0) is 16.6 Å². The highest BCUT2D eigenvalue weighted by atomic mass is 32.2. The Morgan fingerprint density at radius 2 is 2.21 bits per heavy atom. The standard InChI is InChI=1S/C11H13FN4O2S/c1-7-14-6-11(15-7)19(17,18)16-9-2-3-10(12)8(4-9)5-13/h2-4,6,16H,5,13H2,1H3,(H,14,15). The van der Waals surface area contributed by atoms with Crippen molar-refractivity contribution in [1.29, 1.82) is 0 Å². The second-order valence-electron chi connectivity index (χ2n) is 3.95. The lowest BCUT2D eigenvalue weighted by Crippen LogP contribution is -2.14. The molecule has 0 amide bonds. The van der Waals surface area contributed by atoms with Crippen LogP contribution >= 0.6 is 0 Å². The molecule has 1 heterocycles. The maximum absolute atomic E-state index is 13.3. The Hall–Kier alpha value is -1.93. The molecule has 2 rings (SSSR count). The van der Waals surface area contributed by atoms with Crippen LogP contribution in [0.25, 0.3) is 0 Å². The number of aromatic nitrogens is 2. The lowest BCUT2D eigenvalue weighted by molar-refractivity contribution is 0.597. The van der Waals surface area contributed by atoms with Crippen molar-refractivity contribution >= 4 is 15.7 Å². The number of aryl methyl sites for hydroxylation is 1. The molecule has 4 N–H and O–H groups in total. The van der Waals surface area contributed by atoms with Crippen LogP contribution in [0.4, 0.5) is 10.1 Å². The van der Waals surface area contributed by atoms with Crippen LogP contribution < -0.4 is 10.5 Å². The van der Waals surface area contributed by atoms with E-state index in [1.54, 1.807) is 6.92 Å². The number of nitrogens with one attached hydrogen (secondary N) is 2. The summed E-state index contributed by atoms with van der Waals surface area (Å²) < 4.78 is 39.6. The zero-order chi connectivity index (χ0) is 14.0. The van der Waals surface area contributed by atoms with Crippen molar-refractivity contribution in [3.05, 3.63) is 41.6 Å². The van der Waals surface area contributed by atoms with Crippen molar-refractivity contribution in [2.75, 3.05) is 4.72 Å². The van der Waals surface area contributed by atoms with Gasteiger partial charge in [-0.2, -0.15) is 8.42 Å². The monoisotopic (exact) mass is 284 g/mol. The number of nitrogens with two attached hydrogens (primary N) is 1. The summed E-state index contributed by atoms with van der Waals surface area (Å²) in [5.41, 5.74) is 5.85. The summed E-state index contributed by atoms with van der Waals surface area (Å²) in [6.45, 7) is 1.63. The number of benzene rings is 1. The Bertz CT molecular complexity index is 696. The number of sulfonamides is 1. The molecule has 0 aliphatic carbocycles. The minimum atomic E-state index is -3.76. The molecule has 0 radical (unpaired) electrons. The van der Waals surface area contributed by atoms with Crippen LogP contribution in [0.5, 0.6) is 0 Å². The summed E-state index contributed by atoms with van der Waals surface area (Å²) in [6, 6.07) is 3.85. The molecule has 0 unspecified atom stereocenters. The molecule has 0 bridgehead atoms. The molecule has 0 spiro atoms. The minimum Gasteiger partial charge on any atom is -0.332 e. The average molecular weight is 284 g/mol. The van der Waals surface area contributed by atoms with Gasteiger partial charge in [-0.15, -0.1) is 0 Å². The van der Waals surface area contributed by atoms with E-state index in [1.165, 1.54) is 18.3 Å². The van der Waals surface area contributed by atoms with E-state index in [-0.39, 0.29) is 22.8 Å². The van der Waals surface area contributed by atoms with E-state index in [4.69, 9.17) is 5.73 Å². The van der Waals surface area contributed by atoms with Crippen LogP contribution in [0.1, 0.15) is 11.4 Å². The molecule has 0 saturated heterocycles. The summed E-state index contributed by atoms with van der Waals surface area (Å²) in [7, 11) is -3.76. The molecule has 19 heavy (non-hydrogen) atoms. The fraction of sp³-hybridized carbons (Fsp3) is 0.182. The van der Waals surface area contributed by atoms with Crippen molar-refractivity contribution < 1.29 is 12.8 Å². The van der Waals surface area contributed by atoms with Crippen LogP contribution in [0.15, 0.2) is 29.4 Å². The highest BCUT2D eigenvalue weighted by Crippen LogP contribution is 2.18. The maximum atomic E-state index is 13.3. The van der Waals surface area contributed by atoms with Crippen LogP contribution in [0.3, 0.4) is 0 Å². The molecule has 1 aromatic heterocycles. The Balaban J connectivity index is 2.30. The van der Waals surface area contributed by atoms with E-state index in [9.17, 15) is 12.8 Å². The van der Waals surface area contributed by atoms with Crippen molar-refractivity contribution in [2.24, 2.45) is 5.73 Å². The summed E-state index contributed by atoms with van der Waals surface area (Å²) >= 11 is 0. The second-order valence-corrected chi connectivity index (χ2v) is 5.60. The molecule has 0 atom stereocenters. The first-order valence-corrected chi connectivity index (χ1v) is 6.93. The highest BCUT2D eigenvalue weighted by molar-refractivity contribution is 7.92. The lowest BCUT2D eigenvalue weighted by Gasteiger charge is -2.08. The topological polar surface area (TPSA) is 101 Å². The van der Waals surface area contributed by atoms with Crippen molar-refractivity contribution in [3.8, 4) is 0 Å². The molecule has 0 saturated carbocycles. The molecular weight excluding hydrogens is 271 g/mol. The third-order valence-electron chi connectivity index (χ3n) is 2.49. The van der Waals surface area contributed by atoms with E-state index in [1.807, 2.05) is 0 Å². The summed E-state index contributed by atoms with van der Waals surface area (Å²) in [5.74, 6) is 0.0185. The number of anilines is 1. The van der Waals surface area contributed by atoms with E-state index in [2.05, 4.69) is 14.7 Å². The van der Waals surface area contributed by atoms with Gasteiger partial charge in [-0.25, -0.2) is 9.37 Å². The SMILES string of the molecule is Cc1ncc(S(=O)(=O)Nc2ccc(F)c(CN)c2)[nH]1. The van der Waals surface area contributed by atoms with Gasteiger partial charge in [0.15, 0.2) is 5.03 Å². The largest absolute Gasteiger partial charge is 0.332 e. The van der Waals surface area contributed by atoms with Gasteiger partial charge in [-0.05, 0) is 25.1 Å². The highest BCUT2D eigenvalue weighted by Gasteiger charge is 2.17. The summed E-state index contributed by atoms with van der Waals surface area (Å²) in [5, 5.41) is -0.0522. The smallest absolute Gasteiger partial charge is 0.278 e. The zero-order valence-electron chi connectivity index (χ0n) is 10.1. The number of imidazole rings is 1. The number of hydrogen-bond acceptors (Lipinski definition) is 4. The first-order chi connectivity index (χ1) is 8.92. The molecule has 0 aliphatic heterocycles. The van der Waals surface area contributed by atoms with Gasteiger partial charge in [0.05, 0.1) is 6.20 Å². The van der Waals surface area contributed by atoms with Gasteiger partial charge in [-0.1, -0.05) is 0 Å². The zero-order valence-corrected chi connectivity index (χ0v) is 11.0. The Kier molecular flexibility index (Phi) is 3.54. The number of hydrogen-bond donors (Lipinski definition) is 3. The summed E-state index contributed by atoms with van der Waals surface area (Å²) in [4.78, 5) is 6.43. The molecular formula is C11H13FN4O2S. The van der Waals surface area contributed by atoms with Crippen LogP contribution in [-0.4, -0.2) is 18.4 Å². The van der Waals surface area contributed by atoms with E-state index < -0.39 is 15.8 Å². The van der Waals surface area contributed by atoms with Crippen LogP contribution in [0.2, 0.25) is 0 Å². The molecule has 0 aliphatic rings. The Morgan fingerprint density at radius 1 is 1.47 bits per heavy atom. The van der Waals surface area contributed by atoms with Crippen molar-refractivity contribution in [2.45, 2.75) is 18.5 Å². The van der Waals surface area contributed by atoms with Gasteiger partial charge < -0.3 is 10.7 Å². The third-order valence-corrected chi connectivity index (χ3v) is 3.78. The molecule has 6 nitrogen and oxygen atoms in total. The van der Waals surface area contributed by atoms with E-state index in [0.717, 1.165) is 6.07 Å². The van der Waals surface area contributed by atoms with Gasteiger partial charge in [0.1, 0.15) is 11.6 Å². The Morgan fingerprint density at radius 3 is 2.79 bits per heavy atom. The fourth-order valence-corrected chi connectivity index (χ4v) is 2.56. The maximum Gasteiger partial charge on any atom is 0.278 e. The fourth-order valence-electron chi connectivity index (χ4n) is 1.54. The average Bonchev–Trinajstić information content (AvgIpc) is 2.79. The first-order valence-electron chi connectivity index (χ1n) is 5.45. The predicted octanol–water partition coefficient (Wildman–Crippen LogP) is 1.12. The Labute approximate surface area is 109 Å². The quantitative estimate of drug-likeness (QED) is 0.783. The van der Waals surface area contributed by atoms with Crippen molar-refractivity contribution in [1.82, 2.24) is 9.97 Å². The molecule has 1 aromatic carbocycles. The normalized spacial score (nSPS) is 11.5. The number of halogens is 1. The number of nitrogens with zero attached hydrogens (tertiary/aromatic N) is 1. The molecule has 102 valence electrons. The van der Waals surface area contributed by atoms with E-state index in [0.29, 0.717) is 5.82 Å². The lowest BCUT2D eigenvalue weighted by atomic mass is 10.2. The predicted molar refractivity (Wildman–Crippen MR) is 68.4 cm³/mol. The molecule has 2 aromatic rings. The van der Waals surface area contributed by atoms with Gasteiger partial charge in [0.25, 0.3) is 10.0 Å². The first kappa shape index (κ1) is 13.5. The van der Waals surface area contributed by atoms with Gasteiger partial charge in [0.2, 0.25) is 0 Å². The summed E-state index contributed by atoms with van der Waals surface area (Å²) in [6.07, 6.45) is 1.21. The van der Waals surface area contributed by atoms with E-state index >= 15 is 0 Å². The van der Waals surface area contributed by atoms with Crippen molar-refractivity contribution in [3.63, 3.8) is 0 Å². The van der Waals surface area contributed by atoms with Gasteiger partial charge >= 0.3 is 0 Å². The van der Waals surface area contributed by atoms with Crippen LogP contribution in [0, 0.1) is 12.7 Å². The third kappa shape index (κ3) is 2.91. The number of aromatic amines is 1.